The lowest BCUT2D eigenvalue weighted by molar-refractivity contribution is 0.486. The zero-order valence-electron chi connectivity index (χ0n) is 16.9. The third kappa shape index (κ3) is 3.55. The highest BCUT2D eigenvalue weighted by atomic mass is 31.1. The molecule has 0 saturated heterocycles. The average Bonchev–Trinajstić information content (AvgIpc) is 3.24. The van der Waals surface area contributed by atoms with Crippen molar-refractivity contribution >= 4 is 24.1 Å². The first-order valence-corrected chi connectivity index (χ1v) is 12.8. The molecule has 0 spiro atoms. The monoisotopic (exact) mass is 389 g/mol. The zero-order chi connectivity index (χ0) is 18.8. The highest BCUT2D eigenvalue weighted by Gasteiger charge is 2.34. The molecule has 0 aliphatic heterocycles. The van der Waals surface area contributed by atoms with Crippen LogP contribution in [0.5, 0.6) is 0 Å². The molecule has 0 bridgehead atoms. The van der Waals surface area contributed by atoms with Gasteiger partial charge in [-0.05, 0) is 60.6 Å². The predicted molar refractivity (Wildman–Crippen MR) is 124 cm³/mol. The van der Waals surface area contributed by atoms with E-state index in [1.807, 2.05) is 0 Å². The van der Waals surface area contributed by atoms with Crippen molar-refractivity contribution in [2.75, 3.05) is 0 Å². The Morgan fingerprint density at radius 3 is 2.00 bits per heavy atom. The summed E-state index contributed by atoms with van der Waals surface area (Å²) in [5.74, 6) is 0. The number of nitrogens with zero attached hydrogens (tertiary/aromatic N) is 1. The van der Waals surface area contributed by atoms with Crippen LogP contribution in [0, 0.1) is 0 Å². The summed E-state index contributed by atoms with van der Waals surface area (Å²) < 4.78 is 2.57. The lowest BCUT2D eigenvalue weighted by Crippen LogP contribution is -2.29. The third-order valence-electron chi connectivity index (χ3n) is 6.95. The van der Waals surface area contributed by atoms with Gasteiger partial charge >= 0.3 is 0 Å². The van der Waals surface area contributed by atoms with Gasteiger partial charge in [-0.15, -0.1) is 0 Å². The van der Waals surface area contributed by atoms with Crippen LogP contribution in [-0.4, -0.2) is 15.9 Å². The smallest absolute Gasteiger partial charge is 0.0534 e. The molecule has 1 heterocycles. The molecule has 2 aliphatic carbocycles. The van der Waals surface area contributed by atoms with Crippen LogP contribution in [0.2, 0.25) is 0 Å². The first-order valence-electron chi connectivity index (χ1n) is 11.4. The van der Waals surface area contributed by atoms with E-state index in [1.165, 1.54) is 80.7 Å². The van der Waals surface area contributed by atoms with Gasteiger partial charge in [0.15, 0.2) is 0 Å². The second-order valence-electron chi connectivity index (χ2n) is 8.73. The number of aromatic nitrogens is 1. The maximum Gasteiger partial charge on any atom is 0.0534 e. The molecule has 2 aromatic carbocycles. The molecule has 2 saturated carbocycles. The minimum Gasteiger partial charge on any atom is -0.316 e. The van der Waals surface area contributed by atoms with Gasteiger partial charge in [0.2, 0.25) is 0 Å². The van der Waals surface area contributed by atoms with Crippen LogP contribution in [0.15, 0.2) is 60.8 Å². The fraction of sp³-hybridized carbons (Fsp3) is 0.462. The Kier molecular flexibility index (Phi) is 5.54. The minimum atomic E-state index is -0.0919. The number of benzene rings is 2. The van der Waals surface area contributed by atoms with E-state index in [0.29, 0.717) is 0 Å². The van der Waals surface area contributed by atoms with Gasteiger partial charge in [-0.1, -0.05) is 82.8 Å². The normalized spacial score (nSPS) is 19.5. The van der Waals surface area contributed by atoms with Crippen molar-refractivity contribution in [2.45, 2.75) is 75.5 Å². The van der Waals surface area contributed by atoms with Crippen LogP contribution in [0.1, 0.15) is 64.2 Å². The van der Waals surface area contributed by atoms with E-state index < -0.39 is 0 Å². The zero-order valence-corrected chi connectivity index (χ0v) is 17.8. The summed E-state index contributed by atoms with van der Waals surface area (Å²) in [5, 5.41) is 2.73. The quantitative estimate of drug-likeness (QED) is 0.410. The van der Waals surface area contributed by atoms with Crippen LogP contribution < -0.4 is 5.44 Å². The van der Waals surface area contributed by atoms with E-state index in [9.17, 15) is 0 Å². The summed E-state index contributed by atoms with van der Waals surface area (Å²) in [5.41, 5.74) is 4.90. The molecule has 0 radical (unpaired) electrons. The molecule has 28 heavy (non-hydrogen) atoms. The van der Waals surface area contributed by atoms with E-state index in [2.05, 4.69) is 65.4 Å². The van der Waals surface area contributed by atoms with Gasteiger partial charge in [-0.25, -0.2) is 0 Å². The van der Waals surface area contributed by atoms with Crippen molar-refractivity contribution in [3.05, 3.63) is 60.8 Å². The van der Waals surface area contributed by atoms with Crippen molar-refractivity contribution in [1.29, 1.82) is 0 Å². The van der Waals surface area contributed by atoms with Gasteiger partial charge in [0, 0.05) is 17.0 Å². The summed E-state index contributed by atoms with van der Waals surface area (Å²) in [7, 11) is -0.0919. The van der Waals surface area contributed by atoms with E-state index in [4.69, 9.17) is 0 Å². The molecule has 0 amide bonds. The number of rotatable bonds is 4. The van der Waals surface area contributed by atoms with Crippen LogP contribution in [0.3, 0.4) is 0 Å². The Morgan fingerprint density at radius 1 is 0.643 bits per heavy atom. The Labute approximate surface area is 170 Å². The standard InChI is InChI=1S/C26H32NP/c1-3-13-22(14-4-1)28(23-15-5-2-6-16-23)26-19-10-20-27(26)25-18-9-12-21-11-7-8-17-24(21)25/h7-12,17-20,22-23H,1-6,13-16H2. The molecule has 3 aromatic rings. The lowest BCUT2D eigenvalue weighted by atomic mass is 9.99. The van der Waals surface area contributed by atoms with E-state index in [0.717, 1.165) is 11.3 Å². The van der Waals surface area contributed by atoms with Crippen molar-refractivity contribution in [1.82, 2.24) is 4.57 Å². The van der Waals surface area contributed by atoms with Gasteiger partial charge in [-0.2, -0.15) is 0 Å². The summed E-state index contributed by atoms with van der Waals surface area (Å²) in [6.07, 6.45) is 16.9. The largest absolute Gasteiger partial charge is 0.316 e. The molecule has 1 nitrogen and oxygen atoms in total. The van der Waals surface area contributed by atoms with Gasteiger partial charge in [0.1, 0.15) is 0 Å². The van der Waals surface area contributed by atoms with E-state index in [-0.39, 0.29) is 7.92 Å². The van der Waals surface area contributed by atoms with E-state index in [1.54, 1.807) is 5.44 Å². The molecule has 0 N–H and O–H groups in total. The van der Waals surface area contributed by atoms with Crippen LogP contribution in [0.25, 0.3) is 16.5 Å². The Hall–Kier alpha value is -1.59. The summed E-state index contributed by atoms with van der Waals surface area (Å²) in [4.78, 5) is 0. The minimum absolute atomic E-state index is 0.0919. The molecule has 5 rings (SSSR count). The third-order valence-corrected chi connectivity index (χ3v) is 10.5. The molecule has 2 fully saturated rings. The van der Waals surface area contributed by atoms with Crippen molar-refractivity contribution in [2.24, 2.45) is 0 Å². The van der Waals surface area contributed by atoms with Crippen LogP contribution in [-0.2, 0) is 0 Å². The summed E-state index contributed by atoms with van der Waals surface area (Å²) >= 11 is 0. The molecule has 2 aliphatic rings. The summed E-state index contributed by atoms with van der Waals surface area (Å²) in [6, 6.07) is 20.4. The fourth-order valence-corrected chi connectivity index (χ4v) is 9.46. The molecule has 0 atom stereocenters. The fourth-order valence-electron chi connectivity index (χ4n) is 5.60. The Morgan fingerprint density at radius 2 is 1.29 bits per heavy atom. The van der Waals surface area contributed by atoms with Gasteiger partial charge in [-0.3, -0.25) is 0 Å². The van der Waals surface area contributed by atoms with Crippen molar-refractivity contribution < 1.29 is 0 Å². The Bertz CT molecular complexity index is 892. The topological polar surface area (TPSA) is 4.93 Å². The second-order valence-corrected chi connectivity index (χ2v) is 11.5. The van der Waals surface area contributed by atoms with Crippen LogP contribution in [0.4, 0.5) is 0 Å². The Balaban J connectivity index is 1.59. The average molecular weight is 390 g/mol. The lowest BCUT2D eigenvalue weighted by Gasteiger charge is -2.39. The first kappa shape index (κ1) is 18.4. The first-order chi connectivity index (χ1) is 13.9. The number of fused-ring (bicyclic) bond motifs is 1. The molecule has 146 valence electrons. The highest BCUT2D eigenvalue weighted by molar-refractivity contribution is 7.66. The molecule has 0 unspecified atom stereocenters. The second kappa shape index (κ2) is 8.42. The highest BCUT2D eigenvalue weighted by Crippen LogP contribution is 2.55. The van der Waals surface area contributed by atoms with Gasteiger partial charge in [0.25, 0.3) is 0 Å². The molecular formula is C26H32NP. The van der Waals surface area contributed by atoms with E-state index >= 15 is 0 Å². The van der Waals surface area contributed by atoms with Gasteiger partial charge < -0.3 is 4.57 Å². The maximum absolute atomic E-state index is 2.57. The number of hydrogen-bond acceptors (Lipinski definition) is 0. The number of hydrogen-bond donors (Lipinski definition) is 0. The van der Waals surface area contributed by atoms with Crippen LogP contribution >= 0.6 is 7.92 Å². The van der Waals surface area contributed by atoms with Gasteiger partial charge in [0.05, 0.1) is 5.69 Å². The molecular weight excluding hydrogens is 357 g/mol. The van der Waals surface area contributed by atoms with Crippen molar-refractivity contribution in [3.8, 4) is 5.69 Å². The maximum atomic E-state index is 2.57. The SMILES string of the molecule is c1ccc2c(-n3cccc3P(C3CCCCC3)C3CCCCC3)cccc2c1. The molecule has 1 aromatic heterocycles. The molecule has 2 heteroatoms. The van der Waals surface area contributed by atoms with Crippen molar-refractivity contribution in [3.63, 3.8) is 0 Å². The predicted octanol–water partition coefficient (Wildman–Crippen LogP) is 7.40. The summed E-state index contributed by atoms with van der Waals surface area (Å²) in [6.45, 7) is 0.